The van der Waals surface area contributed by atoms with Crippen LogP contribution in [0.3, 0.4) is 0 Å². The second kappa shape index (κ2) is 8.34. The Balaban J connectivity index is 1.63. The highest BCUT2D eigenvalue weighted by Gasteiger charge is 2.21. The Morgan fingerprint density at radius 1 is 1.25 bits per heavy atom. The van der Waals surface area contributed by atoms with Crippen molar-refractivity contribution in [3.8, 4) is 5.75 Å². The molecule has 8 heteroatoms. The Hall–Kier alpha value is -3.68. The lowest BCUT2D eigenvalue weighted by Crippen LogP contribution is -2.31. The highest BCUT2D eigenvalue weighted by atomic mass is 16.3. The fourth-order valence-corrected chi connectivity index (χ4v) is 2.83. The first-order valence-corrected chi connectivity index (χ1v) is 8.79. The monoisotopic (exact) mass is 379 g/mol. The van der Waals surface area contributed by atoms with Gasteiger partial charge in [0, 0.05) is 36.6 Å². The number of carbonyl (C=O) groups is 2. The van der Waals surface area contributed by atoms with Crippen LogP contribution in [0.15, 0.2) is 52.7 Å². The van der Waals surface area contributed by atoms with Gasteiger partial charge in [0.2, 0.25) is 11.8 Å². The van der Waals surface area contributed by atoms with Crippen LogP contribution in [0.4, 0.5) is 11.4 Å². The van der Waals surface area contributed by atoms with E-state index < -0.39 is 0 Å². The summed E-state index contributed by atoms with van der Waals surface area (Å²) in [6.07, 6.45) is 1.91. The number of rotatable bonds is 5. The molecule has 4 N–H and O–H groups in total. The smallest absolute Gasteiger partial charge is 0.240 e. The first kappa shape index (κ1) is 19.1. The van der Waals surface area contributed by atoms with Crippen molar-refractivity contribution in [1.29, 1.82) is 0 Å². The second-order valence-corrected chi connectivity index (χ2v) is 6.54. The molecule has 0 bridgehead atoms. The largest absolute Gasteiger partial charge is 0.507 e. The van der Waals surface area contributed by atoms with Crippen LogP contribution in [0.5, 0.6) is 5.75 Å². The molecule has 0 aromatic heterocycles. The van der Waals surface area contributed by atoms with Gasteiger partial charge in [-0.3, -0.25) is 15.0 Å². The SMILES string of the molecule is CC(=O)Nc1ccc(C=NNc2ccc(C3=NNC(=O)CC3C)cc2)c(O)c1. The normalized spacial score (nSPS) is 16.4. The van der Waals surface area contributed by atoms with Crippen LogP contribution in [0.1, 0.15) is 31.4 Å². The van der Waals surface area contributed by atoms with Crippen molar-refractivity contribution in [2.75, 3.05) is 10.7 Å². The molecule has 0 radical (unpaired) electrons. The molecule has 3 rings (SSSR count). The fraction of sp³-hybridized carbons (Fsp3) is 0.200. The third-order valence-corrected chi connectivity index (χ3v) is 4.19. The molecule has 28 heavy (non-hydrogen) atoms. The van der Waals surface area contributed by atoms with Gasteiger partial charge in [-0.1, -0.05) is 19.1 Å². The van der Waals surface area contributed by atoms with Gasteiger partial charge >= 0.3 is 0 Å². The van der Waals surface area contributed by atoms with Gasteiger partial charge in [0.15, 0.2) is 0 Å². The molecule has 1 aliphatic heterocycles. The highest BCUT2D eigenvalue weighted by molar-refractivity contribution is 6.05. The van der Waals surface area contributed by atoms with E-state index in [1.165, 1.54) is 19.2 Å². The summed E-state index contributed by atoms with van der Waals surface area (Å²) >= 11 is 0. The number of hydrogen-bond acceptors (Lipinski definition) is 6. The van der Waals surface area contributed by atoms with Gasteiger partial charge in [0.1, 0.15) is 5.75 Å². The molecule has 0 aliphatic carbocycles. The number of nitrogens with one attached hydrogen (secondary N) is 3. The minimum absolute atomic E-state index is 0.0125. The maximum atomic E-state index is 11.3. The van der Waals surface area contributed by atoms with E-state index in [4.69, 9.17) is 0 Å². The van der Waals surface area contributed by atoms with Gasteiger partial charge in [0.05, 0.1) is 17.6 Å². The van der Waals surface area contributed by atoms with Gasteiger partial charge in [0.25, 0.3) is 0 Å². The fourth-order valence-electron chi connectivity index (χ4n) is 2.83. The van der Waals surface area contributed by atoms with Gasteiger partial charge < -0.3 is 10.4 Å². The number of phenolic OH excluding ortho intramolecular Hbond substituents is 1. The van der Waals surface area contributed by atoms with Crippen molar-refractivity contribution in [3.63, 3.8) is 0 Å². The van der Waals surface area contributed by atoms with Crippen molar-refractivity contribution in [1.82, 2.24) is 5.43 Å². The summed E-state index contributed by atoms with van der Waals surface area (Å²) in [6.45, 7) is 3.37. The first-order chi connectivity index (χ1) is 13.4. The molecular formula is C20H21N5O3. The van der Waals surface area contributed by atoms with E-state index in [1.807, 2.05) is 31.2 Å². The second-order valence-electron chi connectivity index (χ2n) is 6.54. The number of nitrogens with zero attached hydrogens (tertiary/aromatic N) is 2. The lowest BCUT2D eigenvalue weighted by atomic mass is 9.94. The molecular weight excluding hydrogens is 358 g/mol. The minimum atomic E-state index is -0.207. The van der Waals surface area contributed by atoms with Crippen LogP contribution < -0.4 is 16.2 Å². The zero-order valence-electron chi connectivity index (χ0n) is 15.6. The Kier molecular flexibility index (Phi) is 5.69. The summed E-state index contributed by atoms with van der Waals surface area (Å²) in [5, 5.41) is 20.9. The molecule has 1 heterocycles. The topological polar surface area (TPSA) is 115 Å². The number of hydrazone groups is 2. The Labute approximate surface area is 162 Å². The van der Waals surface area contributed by atoms with Crippen molar-refractivity contribution >= 4 is 35.1 Å². The lowest BCUT2D eigenvalue weighted by molar-refractivity contribution is -0.122. The molecule has 1 atom stereocenters. The summed E-state index contributed by atoms with van der Waals surface area (Å²) in [5.74, 6) is -0.202. The zero-order valence-corrected chi connectivity index (χ0v) is 15.6. The summed E-state index contributed by atoms with van der Waals surface area (Å²) in [5.41, 5.74) is 8.98. The third-order valence-electron chi connectivity index (χ3n) is 4.19. The number of phenols is 1. The molecule has 0 fully saturated rings. The van der Waals surface area contributed by atoms with E-state index in [1.54, 1.807) is 12.1 Å². The number of hydrogen-bond donors (Lipinski definition) is 4. The van der Waals surface area contributed by atoms with Gasteiger partial charge in [-0.15, -0.1) is 0 Å². The first-order valence-electron chi connectivity index (χ1n) is 8.79. The Bertz CT molecular complexity index is 951. The van der Waals surface area contributed by atoms with Crippen LogP contribution in [-0.4, -0.2) is 28.8 Å². The van der Waals surface area contributed by atoms with Crippen LogP contribution in [0.25, 0.3) is 0 Å². The number of anilines is 2. The molecule has 144 valence electrons. The predicted octanol–water partition coefficient (Wildman–Crippen LogP) is 2.66. The van der Waals surface area contributed by atoms with E-state index in [9.17, 15) is 14.7 Å². The van der Waals surface area contributed by atoms with Gasteiger partial charge in [-0.25, -0.2) is 5.43 Å². The summed E-state index contributed by atoms with van der Waals surface area (Å²) in [7, 11) is 0. The maximum Gasteiger partial charge on any atom is 0.240 e. The standard InChI is InChI=1S/C20H21N5O3/c1-12-9-19(28)24-25-20(12)14-3-6-16(7-4-14)23-21-11-15-5-8-17(10-18(15)27)22-13(2)26/h3-8,10-12,23,27H,9H2,1-2H3,(H,22,26)(H,24,28). The molecule has 2 aromatic carbocycles. The van der Waals surface area contributed by atoms with Gasteiger partial charge in [-0.2, -0.15) is 10.2 Å². The van der Waals surface area contributed by atoms with Crippen LogP contribution in [0.2, 0.25) is 0 Å². The number of amides is 2. The van der Waals surface area contributed by atoms with Crippen LogP contribution in [-0.2, 0) is 9.59 Å². The van der Waals surface area contributed by atoms with E-state index in [2.05, 4.69) is 26.4 Å². The molecule has 2 amide bonds. The number of carbonyl (C=O) groups excluding carboxylic acids is 2. The third kappa shape index (κ3) is 4.73. The molecule has 0 spiro atoms. The Morgan fingerprint density at radius 3 is 2.61 bits per heavy atom. The Morgan fingerprint density at radius 2 is 1.96 bits per heavy atom. The summed E-state index contributed by atoms with van der Waals surface area (Å²) in [4.78, 5) is 22.4. The van der Waals surface area contributed by atoms with E-state index >= 15 is 0 Å². The molecule has 1 aliphatic rings. The molecule has 1 unspecified atom stereocenters. The van der Waals surface area contributed by atoms with E-state index in [-0.39, 0.29) is 23.5 Å². The quantitative estimate of drug-likeness (QED) is 0.472. The van der Waals surface area contributed by atoms with Crippen LogP contribution >= 0.6 is 0 Å². The molecule has 8 nitrogen and oxygen atoms in total. The van der Waals surface area contributed by atoms with Crippen molar-refractivity contribution < 1.29 is 14.7 Å². The van der Waals surface area contributed by atoms with Crippen molar-refractivity contribution in [2.45, 2.75) is 20.3 Å². The highest BCUT2D eigenvalue weighted by Crippen LogP contribution is 2.21. The number of aromatic hydroxyl groups is 1. The average Bonchev–Trinajstić information content (AvgIpc) is 2.64. The van der Waals surface area contributed by atoms with E-state index in [0.717, 1.165) is 17.0 Å². The lowest BCUT2D eigenvalue weighted by Gasteiger charge is -2.19. The summed E-state index contributed by atoms with van der Waals surface area (Å²) < 4.78 is 0. The van der Waals surface area contributed by atoms with Crippen molar-refractivity contribution in [3.05, 3.63) is 53.6 Å². The molecule has 0 saturated carbocycles. The molecule has 2 aromatic rings. The maximum absolute atomic E-state index is 11.3. The molecule has 0 saturated heterocycles. The predicted molar refractivity (Wildman–Crippen MR) is 109 cm³/mol. The summed E-state index contributed by atoms with van der Waals surface area (Å²) in [6, 6.07) is 12.3. The zero-order chi connectivity index (χ0) is 20.1. The average molecular weight is 379 g/mol. The van der Waals surface area contributed by atoms with Gasteiger partial charge in [-0.05, 0) is 29.8 Å². The number of benzene rings is 2. The van der Waals surface area contributed by atoms with Crippen molar-refractivity contribution in [2.24, 2.45) is 16.1 Å². The van der Waals surface area contributed by atoms with E-state index in [0.29, 0.717) is 17.7 Å². The minimum Gasteiger partial charge on any atom is -0.507 e. The van der Waals surface area contributed by atoms with Crippen LogP contribution in [0, 0.1) is 5.92 Å².